The van der Waals surface area contributed by atoms with E-state index in [1.54, 1.807) is 6.07 Å². The fourth-order valence-corrected chi connectivity index (χ4v) is 3.30. The maximum absolute atomic E-state index is 13.3. The molecule has 3 atom stereocenters. The summed E-state index contributed by atoms with van der Waals surface area (Å²) in [6.45, 7) is 4.40. The first-order valence-corrected chi connectivity index (χ1v) is 6.98. The lowest BCUT2D eigenvalue weighted by Crippen LogP contribution is -2.36. The summed E-state index contributed by atoms with van der Waals surface area (Å²) in [5.41, 5.74) is 1.09. The molecule has 2 fully saturated rings. The summed E-state index contributed by atoms with van der Waals surface area (Å²) in [7, 11) is 0. The fraction of sp³-hybridized carbons (Fsp3) is 0.600. The molecule has 2 nitrogen and oxygen atoms in total. The summed E-state index contributed by atoms with van der Waals surface area (Å²) in [6.07, 6.45) is 3.83. The van der Waals surface area contributed by atoms with E-state index in [2.05, 4.69) is 17.1 Å². The first-order chi connectivity index (χ1) is 8.72. The first kappa shape index (κ1) is 14.8. The number of hydrogen-bond acceptors (Lipinski definition) is 2. The van der Waals surface area contributed by atoms with Gasteiger partial charge in [0.25, 0.3) is 0 Å². The molecule has 2 aliphatic heterocycles. The number of fused-ring (bicyclic) bond motifs is 2. The molecular formula is C15H22ClFN2. The van der Waals surface area contributed by atoms with Crippen LogP contribution in [0.5, 0.6) is 0 Å². The van der Waals surface area contributed by atoms with Crippen molar-refractivity contribution in [2.75, 3.05) is 13.1 Å². The highest BCUT2D eigenvalue weighted by Gasteiger charge is 2.31. The third kappa shape index (κ3) is 3.28. The molecule has 0 spiro atoms. The van der Waals surface area contributed by atoms with Gasteiger partial charge in [-0.3, -0.25) is 4.90 Å². The van der Waals surface area contributed by atoms with Crippen LogP contribution >= 0.6 is 12.4 Å². The minimum Gasteiger partial charge on any atom is -0.310 e. The normalized spacial score (nSPS) is 28.5. The Morgan fingerprint density at radius 1 is 1.26 bits per heavy atom. The lowest BCUT2D eigenvalue weighted by atomic mass is 10.0. The van der Waals surface area contributed by atoms with Crippen molar-refractivity contribution in [1.29, 1.82) is 0 Å². The molecule has 0 radical (unpaired) electrons. The zero-order chi connectivity index (χ0) is 12.5. The summed E-state index contributed by atoms with van der Waals surface area (Å²) in [6, 6.07) is 8.67. The van der Waals surface area contributed by atoms with Crippen molar-refractivity contribution in [3.63, 3.8) is 0 Å². The van der Waals surface area contributed by atoms with Gasteiger partial charge < -0.3 is 5.32 Å². The van der Waals surface area contributed by atoms with E-state index >= 15 is 0 Å². The molecule has 106 valence electrons. The van der Waals surface area contributed by atoms with E-state index in [0.29, 0.717) is 18.1 Å². The van der Waals surface area contributed by atoms with Crippen LogP contribution in [0.25, 0.3) is 0 Å². The van der Waals surface area contributed by atoms with Gasteiger partial charge in [-0.05, 0) is 43.9 Å². The molecule has 0 aliphatic carbocycles. The van der Waals surface area contributed by atoms with Gasteiger partial charge in [0.1, 0.15) is 5.82 Å². The van der Waals surface area contributed by atoms with Gasteiger partial charge in [0.15, 0.2) is 0 Å². The molecule has 2 bridgehead atoms. The molecule has 2 heterocycles. The molecule has 19 heavy (non-hydrogen) atoms. The summed E-state index contributed by atoms with van der Waals surface area (Å²) >= 11 is 0. The van der Waals surface area contributed by atoms with Crippen LogP contribution in [0.2, 0.25) is 0 Å². The van der Waals surface area contributed by atoms with Gasteiger partial charge in [0.05, 0.1) is 0 Å². The molecule has 4 heteroatoms. The van der Waals surface area contributed by atoms with Gasteiger partial charge >= 0.3 is 0 Å². The molecule has 1 aromatic rings. The third-order valence-electron chi connectivity index (χ3n) is 4.43. The molecular weight excluding hydrogens is 263 g/mol. The Morgan fingerprint density at radius 2 is 2.05 bits per heavy atom. The van der Waals surface area contributed by atoms with E-state index in [1.807, 2.05) is 12.1 Å². The Hall–Kier alpha value is -0.640. The minimum absolute atomic E-state index is 0. The highest BCUT2D eigenvalue weighted by atomic mass is 35.5. The number of hydrogen-bond donors (Lipinski definition) is 1. The van der Waals surface area contributed by atoms with Crippen molar-refractivity contribution in [3.05, 3.63) is 35.6 Å². The number of benzene rings is 1. The van der Waals surface area contributed by atoms with E-state index < -0.39 is 0 Å². The molecule has 0 aromatic heterocycles. The second-order valence-corrected chi connectivity index (χ2v) is 5.65. The van der Waals surface area contributed by atoms with Gasteiger partial charge in [0, 0.05) is 31.2 Å². The smallest absolute Gasteiger partial charge is 0.123 e. The molecule has 1 N–H and O–H groups in total. The monoisotopic (exact) mass is 284 g/mol. The quantitative estimate of drug-likeness (QED) is 0.898. The lowest BCUT2D eigenvalue weighted by molar-refractivity contribution is 0.199. The second-order valence-electron chi connectivity index (χ2n) is 5.65. The topological polar surface area (TPSA) is 15.3 Å². The SMILES string of the molecule is CC(c1cccc(F)c1)N1CCC2CCC(C1)N2.Cl. The number of halogens is 2. The largest absolute Gasteiger partial charge is 0.310 e. The molecule has 3 unspecified atom stereocenters. The van der Waals surface area contributed by atoms with Crippen LogP contribution in [0.1, 0.15) is 37.8 Å². The fourth-order valence-electron chi connectivity index (χ4n) is 3.30. The average molecular weight is 285 g/mol. The van der Waals surface area contributed by atoms with Crippen molar-refractivity contribution >= 4 is 12.4 Å². The highest BCUT2D eigenvalue weighted by Crippen LogP contribution is 2.27. The average Bonchev–Trinajstić information content (AvgIpc) is 2.68. The Labute approximate surface area is 120 Å². The van der Waals surface area contributed by atoms with E-state index in [-0.39, 0.29) is 18.2 Å². The highest BCUT2D eigenvalue weighted by molar-refractivity contribution is 5.85. The van der Waals surface area contributed by atoms with Crippen molar-refractivity contribution in [2.45, 2.75) is 44.3 Å². The first-order valence-electron chi connectivity index (χ1n) is 6.98. The summed E-state index contributed by atoms with van der Waals surface area (Å²) in [5.74, 6) is -0.131. The predicted molar refractivity (Wildman–Crippen MR) is 78.2 cm³/mol. The number of likely N-dealkylation sites (tertiary alicyclic amines) is 1. The Kier molecular flexibility index (Phi) is 4.82. The maximum Gasteiger partial charge on any atom is 0.123 e. The van der Waals surface area contributed by atoms with E-state index in [0.717, 1.165) is 18.7 Å². The standard InChI is InChI=1S/C15H21FN2.ClH/c1-11(12-3-2-4-13(16)9-12)18-8-7-14-5-6-15(10-18)17-14;/h2-4,9,11,14-15,17H,5-8,10H2,1H3;1H. The molecule has 3 rings (SSSR count). The third-order valence-corrected chi connectivity index (χ3v) is 4.43. The second kappa shape index (κ2) is 6.21. The van der Waals surface area contributed by atoms with Crippen LogP contribution in [0, 0.1) is 5.82 Å². The Balaban J connectivity index is 0.00000133. The van der Waals surface area contributed by atoms with Gasteiger partial charge in [-0.1, -0.05) is 12.1 Å². The minimum atomic E-state index is -0.131. The van der Waals surface area contributed by atoms with Crippen molar-refractivity contribution in [3.8, 4) is 0 Å². The van der Waals surface area contributed by atoms with Crippen LogP contribution in [0.4, 0.5) is 4.39 Å². The zero-order valence-electron chi connectivity index (χ0n) is 11.3. The van der Waals surface area contributed by atoms with Gasteiger partial charge in [0.2, 0.25) is 0 Å². The Bertz CT molecular complexity index is 426. The summed E-state index contributed by atoms with van der Waals surface area (Å²) in [5, 5.41) is 3.68. The molecule has 1 aromatic carbocycles. The van der Waals surface area contributed by atoms with Crippen molar-refractivity contribution in [2.24, 2.45) is 0 Å². The number of rotatable bonds is 2. The number of nitrogens with one attached hydrogen (secondary N) is 1. The van der Waals surface area contributed by atoms with Gasteiger partial charge in [-0.2, -0.15) is 0 Å². The van der Waals surface area contributed by atoms with Gasteiger partial charge in [-0.15, -0.1) is 12.4 Å². The predicted octanol–water partition coefficient (Wildman–Crippen LogP) is 3.13. The van der Waals surface area contributed by atoms with E-state index in [1.165, 1.54) is 25.3 Å². The van der Waals surface area contributed by atoms with E-state index in [4.69, 9.17) is 0 Å². The Morgan fingerprint density at radius 3 is 2.84 bits per heavy atom. The molecule has 2 saturated heterocycles. The van der Waals surface area contributed by atoms with Crippen LogP contribution in [0.15, 0.2) is 24.3 Å². The summed E-state index contributed by atoms with van der Waals surface area (Å²) < 4.78 is 13.3. The van der Waals surface area contributed by atoms with Crippen LogP contribution in [-0.4, -0.2) is 30.1 Å². The van der Waals surface area contributed by atoms with Crippen LogP contribution in [-0.2, 0) is 0 Å². The number of nitrogens with zero attached hydrogens (tertiary/aromatic N) is 1. The zero-order valence-corrected chi connectivity index (χ0v) is 12.1. The van der Waals surface area contributed by atoms with Crippen molar-refractivity contribution in [1.82, 2.24) is 10.2 Å². The maximum atomic E-state index is 13.3. The van der Waals surface area contributed by atoms with Crippen LogP contribution < -0.4 is 5.32 Å². The van der Waals surface area contributed by atoms with E-state index in [9.17, 15) is 4.39 Å². The van der Waals surface area contributed by atoms with Crippen LogP contribution in [0.3, 0.4) is 0 Å². The summed E-state index contributed by atoms with van der Waals surface area (Å²) in [4.78, 5) is 2.49. The van der Waals surface area contributed by atoms with Crippen molar-refractivity contribution < 1.29 is 4.39 Å². The lowest BCUT2D eigenvalue weighted by Gasteiger charge is -2.30. The molecule has 0 saturated carbocycles. The molecule has 2 aliphatic rings. The molecule has 0 amide bonds. The van der Waals surface area contributed by atoms with Gasteiger partial charge in [-0.25, -0.2) is 4.39 Å².